The minimum Gasteiger partial charge on any atom is -0.468 e. The van der Waals surface area contributed by atoms with E-state index in [1.54, 1.807) is 0 Å². The lowest BCUT2D eigenvalue weighted by molar-refractivity contribution is -0.144. The molecule has 5 unspecified atom stereocenters. The maximum atomic E-state index is 11.9. The van der Waals surface area contributed by atoms with Crippen molar-refractivity contribution in [3.05, 3.63) is 0 Å². The molecule has 0 heterocycles. The Kier molecular flexibility index (Phi) is 3.59. The van der Waals surface area contributed by atoms with Crippen molar-refractivity contribution in [2.75, 3.05) is 7.11 Å². The SMILES string of the molecule is COC(=O)[C@@H](NC1CC2CC1C1CCCC21)C(C)C. The van der Waals surface area contributed by atoms with Crippen LogP contribution in [0.2, 0.25) is 0 Å². The van der Waals surface area contributed by atoms with Crippen molar-refractivity contribution in [2.45, 2.75) is 58.0 Å². The molecule has 6 atom stereocenters. The predicted molar refractivity (Wildman–Crippen MR) is 74.6 cm³/mol. The van der Waals surface area contributed by atoms with Gasteiger partial charge in [0.2, 0.25) is 0 Å². The number of ether oxygens (including phenoxy) is 1. The summed E-state index contributed by atoms with van der Waals surface area (Å²) in [6.45, 7) is 4.19. The molecule has 3 heteroatoms. The highest BCUT2D eigenvalue weighted by atomic mass is 16.5. The zero-order valence-electron chi connectivity index (χ0n) is 12.4. The summed E-state index contributed by atoms with van der Waals surface area (Å²) in [7, 11) is 1.49. The van der Waals surface area contributed by atoms with Gasteiger partial charge in [-0.05, 0) is 55.3 Å². The van der Waals surface area contributed by atoms with Crippen molar-refractivity contribution in [3.63, 3.8) is 0 Å². The standard InChI is InChI=1S/C16H27NO2/c1-9(2)15(16(18)19-3)17-14-8-10-7-13(14)12-6-4-5-11(10)12/h9-15,17H,4-8H2,1-3H3/t10?,11?,12?,13?,14?,15-/m0/s1. The Labute approximate surface area is 116 Å². The Morgan fingerprint density at radius 2 is 1.89 bits per heavy atom. The van der Waals surface area contributed by atoms with Gasteiger partial charge < -0.3 is 10.1 Å². The highest BCUT2D eigenvalue weighted by molar-refractivity contribution is 5.76. The molecule has 0 saturated heterocycles. The lowest BCUT2D eigenvalue weighted by Gasteiger charge is -2.35. The second-order valence-electron chi connectivity index (χ2n) is 7.17. The first-order valence-electron chi connectivity index (χ1n) is 7.95. The summed E-state index contributed by atoms with van der Waals surface area (Å²) in [6.07, 6.45) is 7.00. The number of hydrogen-bond acceptors (Lipinski definition) is 3. The summed E-state index contributed by atoms with van der Waals surface area (Å²) >= 11 is 0. The number of methoxy groups -OCH3 is 1. The zero-order chi connectivity index (χ0) is 13.6. The van der Waals surface area contributed by atoms with Crippen LogP contribution in [0.1, 0.15) is 46.0 Å². The van der Waals surface area contributed by atoms with E-state index < -0.39 is 0 Å². The number of rotatable bonds is 4. The van der Waals surface area contributed by atoms with Gasteiger partial charge in [-0.1, -0.05) is 20.3 Å². The maximum Gasteiger partial charge on any atom is 0.323 e. The summed E-state index contributed by atoms with van der Waals surface area (Å²) < 4.78 is 4.95. The molecule has 0 spiro atoms. The molecule has 3 rings (SSSR count). The van der Waals surface area contributed by atoms with Crippen LogP contribution in [-0.4, -0.2) is 25.2 Å². The molecule has 0 aromatic heterocycles. The summed E-state index contributed by atoms with van der Waals surface area (Å²) in [5, 5.41) is 3.64. The molecule has 1 N–H and O–H groups in total. The number of nitrogens with one attached hydrogen (secondary N) is 1. The van der Waals surface area contributed by atoms with E-state index in [1.165, 1.54) is 39.2 Å². The fourth-order valence-electron chi connectivity index (χ4n) is 5.15. The van der Waals surface area contributed by atoms with E-state index in [9.17, 15) is 4.79 Å². The molecule has 0 amide bonds. The number of carbonyl (C=O) groups excluding carboxylic acids is 1. The summed E-state index contributed by atoms with van der Waals surface area (Å²) in [5.41, 5.74) is 0. The molecule has 3 aliphatic rings. The Morgan fingerprint density at radius 3 is 2.58 bits per heavy atom. The minimum atomic E-state index is -0.130. The molecule has 0 radical (unpaired) electrons. The number of hydrogen-bond donors (Lipinski definition) is 1. The molecular formula is C16H27NO2. The van der Waals surface area contributed by atoms with Crippen LogP contribution in [0.15, 0.2) is 0 Å². The van der Waals surface area contributed by atoms with E-state index in [-0.39, 0.29) is 12.0 Å². The third-order valence-electron chi connectivity index (χ3n) is 5.94. The second kappa shape index (κ2) is 5.08. The van der Waals surface area contributed by atoms with Gasteiger partial charge >= 0.3 is 5.97 Å². The van der Waals surface area contributed by atoms with Gasteiger partial charge in [-0.2, -0.15) is 0 Å². The monoisotopic (exact) mass is 265 g/mol. The van der Waals surface area contributed by atoms with Crippen LogP contribution in [-0.2, 0) is 9.53 Å². The Morgan fingerprint density at radius 1 is 1.16 bits per heavy atom. The van der Waals surface area contributed by atoms with Crippen molar-refractivity contribution in [3.8, 4) is 0 Å². The van der Waals surface area contributed by atoms with Crippen LogP contribution in [0.5, 0.6) is 0 Å². The fourth-order valence-corrected chi connectivity index (χ4v) is 5.15. The quantitative estimate of drug-likeness (QED) is 0.794. The van der Waals surface area contributed by atoms with E-state index in [1.807, 2.05) is 0 Å². The van der Waals surface area contributed by atoms with Crippen molar-refractivity contribution in [1.82, 2.24) is 5.32 Å². The zero-order valence-corrected chi connectivity index (χ0v) is 12.4. The molecule has 0 aliphatic heterocycles. The van der Waals surface area contributed by atoms with Gasteiger partial charge in [-0.3, -0.25) is 4.79 Å². The van der Waals surface area contributed by atoms with Crippen LogP contribution in [0, 0.1) is 29.6 Å². The van der Waals surface area contributed by atoms with Gasteiger partial charge in [0, 0.05) is 6.04 Å². The molecule has 19 heavy (non-hydrogen) atoms. The van der Waals surface area contributed by atoms with Crippen LogP contribution in [0.25, 0.3) is 0 Å². The molecule has 3 saturated carbocycles. The summed E-state index contributed by atoms with van der Waals surface area (Å²) in [6, 6.07) is 0.421. The first kappa shape index (κ1) is 13.4. The topological polar surface area (TPSA) is 38.3 Å². The Balaban J connectivity index is 1.66. The third-order valence-corrected chi connectivity index (χ3v) is 5.94. The van der Waals surface area contributed by atoms with Crippen molar-refractivity contribution < 1.29 is 9.53 Å². The van der Waals surface area contributed by atoms with Crippen molar-refractivity contribution in [1.29, 1.82) is 0 Å². The van der Waals surface area contributed by atoms with Gasteiger partial charge in [0.15, 0.2) is 0 Å². The maximum absolute atomic E-state index is 11.9. The molecule has 3 nitrogen and oxygen atoms in total. The van der Waals surface area contributed by atoms with Gasteiger partial charge in [-0.15, -0.1) is 0 Å². The van der Waals surface area contributed by atoms with Crippen LogP contribution < -0.4 is 5.32 Å². The molecule has 2 bridgehead atoms. The normalized spacial score (nSPS) is 41.6. The van der Waals surface area contributed by atoms with Gasteiger partial charge in [0.25, 0.3) is 0 Å². The fraction of sp³-hybridized carbons (Fsp3) is 0.938. The number of fused-ring (bicyclic) bond motifs is 5. The highest BCUT2D eigenvalue weighted by Crippen LogP contribution is 2.58. The lowest BCUT2D eigenvalue weighted by Crippen LogP contribution is -2.50. The number of esters is 1. The van der Waals surface area contributed by atoms with Crippen LogP contribution >= 0.6 is 0 Å². The molecule has 108 valence electrons. The van der Waals surface area contributed by atoms with Crippen LogP contribution in [0.4, 0.5) is 0 Å². The van der Waals surface area contributed by atoms with Gasteiger partial charge in [0.1, 0.15) is 6.04 Å². The first-order valence-corrected chi connectivity index (χ1v) is 7.95. The van der Waals surface area contributed by atoms with E-state index in [0.717, 1.165) is 23.7 Å². The average molecular weight is 265 g/mol. The van der Waals surface area contributed by atoms with E-state index in [0.29, 0.717) is 12.0 Å². The van der Waals surface area contributed by atoms with Gasteiger partial charge in [-0.25, -0.2) is 0 Å². The van der Waals surface area contributed by atoms with Crippen molar-refractivity contribution in [2.24, 2.45) is 29.6 Å². The Hall–Kier alpha value is -0.570. The van der Waals surface area contributed by atoms with E-state index in [2.05, 4.69) is 19.2 Å². The highest BCUT2D eigenvalue weighted by Gasteiger charge is 2.54. The number of carbonyl (C=O) groups is 1. The van der Waals surface area contributed by atoms with E-state index >= 15 is 0 Å². The molecule has 0 aromatic carbocycles. The van der Waals surface area contributed by atoms with E-state index in [4.69, 9.17) is 4.74 Å². The second-order valence-corrected chi connectivity index (χ2v) is 7.17. The molecule has 0 aromatic rings. The predicted octanol–water partition coefficient (Wildman–Crippen LogP) is 2.60. The first-order chi connectivity index (χ1) is 9.11. The van der Waals surface area contributed by atoms with Crippen molar-refractivity contribution >= 4 is 5.97 Å². The molecule has 3 fully saturated rings. The largest absolute Gasteiger partial charge is 0.468 e. The van der Waals surface area contributed by atoms with Crippen LogP contribution in [0.3, 0.4) is 0 Å². The van der Waals surface area contributed by atoms with Gasteiger partial charge in [0.05, 0.1) is 7.11 Å². The minimum absolute atomic E-state index is 0.0965. The third kappa shape index (κ3) is 2.20. The summed E-state index contributed by atoms with van der Waals surface area (Å²) in [4.78, 5) is 11.9. The summed E-state index contributed by atoms with van der Waals surface area (Å²) in [5.74, 6) is 3.91. The average Bonchev–Trinajstić information content (AvgIpc) is 3.05. The Bertz CT molecular complexity index is 355. The molecular weight excluding hydrogens is 238 g/mol. The lowest BCUT2D eigenvalue weighted by atomic mass is 9.78. The smallest absolute Gasteiger partial charge is 0.323 e. The molecule has 3 aliphatic carbocycles.